The molecule has 0 saturated heterocycles. The summed E-state index contributed by atoms with van der Waals surface area (Å²) in [7, 11) is 0. The van der Waals surface area contributed by atoms with Crippen molar-refractivity contribution in [2.24, 2.45) is 5.92 Å². The molecule has 0 fully saturated rings. The number of esters is 1. The van der Waals surface area contributed by atoms with Crippen molar-refractivity contribution < 1.29 is 19.4 Å². The Morgan fingerprint density at radius 2 is 1.22 bits per heavy atom. The third kappa shape index (κ3) is 26.5. The van der Waals surface area contributed by atoms with Crippen LogP contribution in [0.2, 0.25) is 0 Å². The molecule has 220 valence electrons. The molecular formula is C32H63NO4. The Hall–Kier alpha value is -0.940. The van der Waals surface area contributed by atoms with Gasteiger partial charge in [0, 0.05) is 19.4 Å². The maximum Gasteiger partial charge on any atom is 0.305 e. The van der Waals surface area contributed by atoms with Crippen molar-refractivity contribution in [1.29, 1.82) is 0 Å². The Morgan fingerprint density at radius 1 is 0.703 bits per heavy atom. The number of hydrogen-bond donors (Lipinski definition) is 1. The minimum absolute atomic E-state index is 0.0171. The second kappa shape index (κ2) is 29.6. The molecular weight excluding hydrogens is 462 g/mol. The van der Waals surface area contributed by atoms with Crippen molar-refractivity contribution in [3.8, 4) is 0 Å². The third-order valence-corrected chi connectivity index (χ3v) is 7.45. The first kappa shape index (κ1) is 36.1. The Balaban J connectivity index is 4.14. The van der Waals surface area contributed by atoms with Crippen LogP contribution in [-0.2, 0) is 14.3 Å². The van der Waals surface area contributed by atoms with Crippen LogP contribution in [0.25, 0.3) is 0 Å². The maximum absolute atomic E-state index is 12.4. The number of aldehydes is 1. The lowest BCUT2D eigenvalue weighted by molar-refractivity contribution is -0.145. The van der Waals surface area contributed by atoms with Crippen molar-refractivity contribution >= 4 is 12.3 Å². The predicted octanol–water partition coefficient (Wildman–Crippen LogP) is 8.26. The van der Waals surface area contributed by atoms with E-state index in [1.807, 2.05) is 0 Å². The minimum Gasteiger partial charge on any atom is -0.465 e. The average Bonchev–Trinajstić information content (AvgIpc) is 2.90. The molecule has 0 aliphatic carbocycles. The molecule has 0 amide bonds. The number of hydrogen-bond acceptors (Lipinski definition) is 5. The van der Waals surface area contributed by atoms with Gasteiger partial charge in [0.25, 0.3) is 0 Å². The molecule has 37 heavy (non-hydrogen) atoms. The fourth-order valence-corrected chi connectivity index (χ4v) is 4.97. The van der Waals surface area contributed by atoms with Crippen LogP contribution in [0.4, 0.5) is 0 Å². The highest BCUT2D eigenvalue weighted by Gasteiger charge is 2.12. The predicted molar refractivity (Wildman–Crippen MR) is 157 cm³/mol. The van der Waals surface area contributed by atoms with Crippen molar-refractivity contribution in [3.63, 3.8) is 0 Å². The van der Waals surface area contributed by atoms with Gasteiger partial charge in [0.05, 0.1) is 6.61 Å². The van der Waals surface area contributed by atoms with Crippen LogP contribution in [0.15, 0.2) is 0 Å². The molecule has 0 aromatic heterocycles. The summed E-state index contributed by atoms with van der Waals surface area (Å²) in [6, 6.07) is 0. The van der Waals surface area contributed by atoms with E-state index in [9.17, 15) is 9.59 Å². The number of nitrogens with zero attached hydrogens (tertiary/aromatic N) is 1. The summed E-state index contributed by atoms with van der Waals surface area (Å²) >= 11 is 0. The van der Waals surface area contributed by atoms with Gasteiger partial charge in [0.2, 0.25) is 0 Å². The van der Waals surface area contributed by atoms with Crippen LogP contribution < -0.4 is 0 Å². The zero-order valence-corrected chi connectivity index (χ0v) is 24.9. The number of carbonyl (C=O) groups excluding carboxylic acids is 2. The number of unbranched alkanes of at least 4 members (excludes halogenated alkanes) is 14. The Bertz CT molecular complexity index is 485. The normalized spacial score (nSPS) is 12.2. The first-order valence-corrected chi connectivity index (χ1v) is 16.1. The van der Waals surface area contributed by atoms with Crippen molar-refractivity contribution in [2.45, 2.75) is 155 Å². The highest BCUT2D eigenvalue weighted by Crippen LogP contribution is 2.20. The smallest absolute Gasteiger partial charge is 0.305 e. The summed E-state index contributed by atoms with van der Waals surface area (Å²) in [6.45, 7) is 8.52. The highest BCUT2D eigenvalue weighted by molar-refractivity contribution is 5.69. The quantitative estimate of drug-likeness (QED) is 0.0581. The Morgan fingerprint density at radius 3 is 1.81 bits per heavy atom. The number of rotatable bonds is 30. The van der Waals surface area contributed by atoms with E-state index in [4.69, 9.17) is 9.84 Å². The van der Waals surface area contributed by atoms with Gasteiger partial charge < -0.3 is 19.5 Å². The van der Waals surface area contributed by atoms with Gasteiger partial charge in [0.15, 0.2) is 0 Å². The molecule has 0 aliphatic heterocycles. The monoisotopic (exact) mass is 525 g/mol. The standard InChI is InChI=1S/C32H63NO4/c1-3-5-7-9-10-15-23-31(22-14-8-6-4-2)30-37-32(36)24-16-13-18-26-33(27-19-21-29-35)25-17-11-12-20-28-34/h28,31,35H,3-27,29-30H2,1-2H3. The lowest BCUT2D eigenvalue weighted by Crippen LogP contribution is -2.27. The van der Waals surface area contributed by atoms with Crippen LogP contribution >= 0.6 is 0 Å². The Labute approximate surface area is 230 Å². The molecule has 1 N–H and O–H groups in total. The first-order valence-electron chi connectivity index (χ1n) is 16.1. The number of ether oxygens (including phenoxy) is 1. The molecule has 5 nitrogen and oxygen atoms in total. The number of aliphatic hydroxyl groups is 1. The van der Waals surface area contributed by atoms with E-state index >= 15 is 0 Å². The second-order valence-electron chi connectivity index (χ2n) is 11.1. The summed E-state index contributed by atoms with van der Waals surface area (Å²) in [5, 5.41) is 9.08. The second-order valence-corrected chi connectivity index (χ2v) is 11.1. The van der Waals surface area contributed by atoms with Crippen molar-refractivity contribution in [1.82, 2.24) is 4.90 Å². The van der Waals surface area contributed by atoms with Gasteiger partial charge in [-0.1, -0.05) is 90.9 Å². The molecule has 0 bridgehead atoms. The largest absolute Gasteiger partial charge is 0.465 e. The van der Waals surface area contributed by atoms with Crippen LogP contribution in [0.1, 0.15) is 155 Å². The van der Waals surface area contributed by atoms with Gasteiger partial charge in [-0.3, -0.25) is 4.79 Å². The summed E-state index contributed by atoms with van der Waals surface area (Å²) in [6.07, 6.45) is 25.8. The fraction of sp³-hybridized carbons (Fsp3) is 0.938. The molecule has 0 aromatic carbocycles. The van der Waals surface area contributed by atoms with Crippen LogP contribution in [-0.4, -0.2) is 55.1 Å². The number of carbonyl (C=O) groups is 2. The van der Waals surface area contributed by atoms with Crippen molar-refractivity contribution in [2.75, 3.05) is 32.8 Å². The molecule has 0 spiro atoms. The topological polar surface area (TPSA) is 66.8 Å². The van der Waals surface area contributed by atoms with E-state index in [2.05, 4.69) is 18.7 Å². The number of aliphatic hydroxyl groups excluding tert-OH is 1. The molecule has 0 rings (SSSR count). The first-order chi connectivity index (χ1) is 18.2. The van der Waals surface area contributed by atoms with Crippen molar-refractivity contribution in [3.05, 3.63) is 0 Å². The molecule has 0 radical (unpaired) electrons. The molecule has 0 aromatic rings. The van der Waals surface area contributed by atoms with Crippen LogP contribution in [0.3, 0.4) is 0 Å². The summed E-state index contributed by atoms with van der Waals surface area (Å²) in [5.74, 6) is 0.516. The third-order valence-electron chi connectivity index (χ3n) is 7.45. The van der Waals surface area contributed by atoms with E-state index in [0.717, 1.165) is 77.3 Å². The van der Waals surface area contributed by atoms with E-state index in [0.29, 0.717) is 25.4 Å². The highest BCUT2D eigenvalue weighted by atomic mass is 16.5. The van der Waals surface area contributed by atoms with Gasteiger partial charge in [-0.2, -0.15) is 0 Å². The Kier molecular flexibility index (Phi) is 28.9. The SMILES string of the molecule is CCCCCCCCC(CCCCCC)COC(=O)CCCCCN(CCCCO)CCCCCC=O. The van der Waals surface area contributed by atoms with Gasteiger partial charge in [-0.05, 0) is 76.9 Å². The lowest BCUT2D eigenvalue weighted by Gasteiger charge is -2.22. The lowest BCUT2D eigenvalue weighted by atomic mass is 9.95. The van der Waals surface area contributed by atoms with Gasteiger partial charge in [-0.15, -0.1) is 0 Å². The molecule has 0 aliphatic rings. The summed E-state index contributed by atoms with van der Waals surface area (Å²) in [4.78, 5) is 25.4. The zero-order chi connectivity index (χ0) is 27.2. The minimum atomic E-state index is -0.0171. The summed E-state index contributed by atoms with van der Waals surface area (Å²) < 4.78 is 5.74. The molecule has 5 heteroatoms. The van der Waals surface area contributed by atoms with E-state index in [-0.39, 0.29) is 12.6 Å². The average molecular weight is 526 g/mol. The van der Waals surface area contributed by atoms with Crippen LogP contribution in [0, 0.1) is 5.92 Å². The van der Waals surface area contributed by atoms with E-state index in [1.54, 1.807) is 0 Å². The molecule has 0 heterocycles. The van der Waals surface area contributed by atoms with Gasteiger partial charge >= 0.3 is 5.97 Å². The van der Waals surface area contributed by atoms with E-state index < -0.39 is 0 Å². The molecule has 1 atom stereocenters. The maximum atomic E-state index is 12.4. The fourth-order valence-electron chi connectivity index (χ4n) is 4.97. The van der Waals surface area contributed by atoms with Crippen LogP contribution in [0.5, 0.6) is 0 Å². The van der Waals surface area contributed by atoms with E-state index in [1.165, 1.54) is 77.0 Å². The molecule has 0 saturated carbocycles. The summed E-state index contributed by atoms with van der Waals surface area (Å²) in [5.41, 5.74) is 0. The van der Waals surface area contributed by atoms with Gasteiger partial charge in [0.1, 0.15) is 6.29 Å². The van der Waals surface area contributed by atoms with Gasteiger partial charge in [-0.25, -0.2) is 0 Å². The zero-order valence-electron chi connectivity index (χ0n) is 24.9. The molecule has 1 unspecified atom stereocenters.